The van der Waals surface area contributed by atoms with Gasteiger partial charge in [0.25, 0.3) is 0 Å². The van der Waals surface area contributed by atoms with Crippen LogP contribution in [-0.4, -0.2) is 4.98 Å². The molecular weight excluding hydrogens is 745 g/mol. The third kappa shape index (κ3) is 5.88. The van der Waals surface area contributed by atoms with Gasteiger partial charge in [-0.2, -0.15) is 0 Å². The second-order valence-electron chi connectivity index (χ2n) is 15.5. The van der Waals surface area contributed by atoms with Gasteiger partial charge < -0.3 is 13.7 Å². The highest BCUT2D eigenvalue weighted by molar-refractivity contribution is 6.24. The molecule has 12 rings (SSSR count). The Morgan fingerprint density at radius 3 is 1.52 bits per heavy atom. The Balaban J connectivity index is 1.08. The van der Waals surface area contributed by atoms with Crippen molar-refractivity contribution in [1.82, 2.24) is 4.98 Å². The van der Waals surface area contributed by atoms with E-state index in [-0.39, 0.29) is 0 Å². The molecule has 0 atom stereocenters. The van der Waals surface area contributed by atoms with Gasteiger partial charge >= 0.3 is 0 Å². The predicted molar refractivity (Wildman–Crippen MR) is 253 cm³/mol. The summed E-state index contributed by atoms with van der Waals surface area (Å²) in [6, 6.07) is 77.1. The minimum Gasteiger partial charge on any atom is -0.455 e. The zero-order valence-corrected chi connectivity index (χ0v) is 33.0. The van der Waals surface area contributed by atoms with Gasteiger partial charge in [0.1, 0.15) is 16.7 Å². The largest absolute Gasteiger partial charge is 0.455 e. The van der Waals surface area contributed by atoms with E-state index in [1.165, 1.54) is 22.3 Å². The molecule has 12 aromatic rings. The summed E-state index contributed by atoms with van der Waals surface area (Å²) in [6.45, 7) is 0. The van der Waals surface area contributed by atoms with Crippen LogP contribution < -0.4 is 4.90 Å². The summed E-state index contributed by atoms with van der Waals surface area (Å²) in [6.07, 6.45) is 0. The average molecular weight is 781 g/mol. The number of benzene rings is 10. The van der Waals surface area contributed by atoms with Crippen LogP contribution in [0.2, 0.25) is 0 Å². The zero-order valence-electron chi connectivity index (χ0n) is 33.0. The van der Waals surface area contributed by atoms with E-state index in [0.717, 1.165) is 88.3 Å². The molecular formula is C57H36N2O2. The van der Waals surface area contributed by atoms with Crippen LogP contribution in [0.3, 0.4) is 0 Å². The van der Waals surface area contributed by atoms with Crippen molar-refractivity contribution in [3.05, 3.63) is 218 Å². The molecule has 0 amide bonds. The molecule has 0 fully saturated rings. The zero-order chi connectivity index (χ0) is 40.3. The molecule has 0 aliphatic rings. The number of fused-ring (bicyclic) bond motifs is 7. The summed E-state index contributed by atoms with van der Waals surface area (Å²) in [5, 5.41) is 6.47. The first-order valence-corrected chi connectivity index (χ1v) is 20.6. The minimum atomic E-state index is 0.612. The highest BCUT2D eigenvalue weighted by Gasteiger charge is 2.23. The van der Waals surface area contributed by atoms with Crippen LogP contribution in [0.1, 0.15) is 0 Å². The average Bonchev–Trinajstić information content (AvgIpc) is 3.95. The van der Waals surface area contributed by atoms with Gasteiger partial charge in [0.15, 0.2) is 5.58 Å². The molecule has 4 heteroatoms. The lowest BCUT2D eigenvalue weighted by molar-refractivity contribution is 0.620. The molecule has 0 radical (unpaired) electrons. The van der Waals surface area contributed by atoms with Crippen LogP contribution in [0.4, 0.5) is 17.1 Å². The first-order chi connectivity index (χ1) is 30.2. The Morgan fingerprint density at radius 2 is 0.869 bits per heavy atom. The molecule has 0 saturated heterocycles. The third-order valence-electron chi connectivity index (χ3n) is 11.9. The molecule has 0 bridgehead atoms. The molecule has 0 spiro atoms. The Bertz CT molecular complexity index is 3450. The van der Waals surface area contributed by atoms with Crippen molar-refractivity contribution in [2.24, 2.45) is 0 Å². The predicted octanol–water partition coefficient (Wildman–Crippen LogP) is 16.2. The van der Waals surface area contributed by atoms with Gasteiger partial charge in [-0.3, -0.25) is 0 Å². The molecule has 2 aromatic heterocycles. The van der Waals surface area contributed by atoms with Crippen LogP contribution >= 0.6 is 0 Å². The van der Waals surface area contributed by atoms with E-state index in [4.69, 9.17) is 13.8 Å². The smallest absolute Gasteiger partial charge is 0.227 e. The maximum absolute atomic E-state index is 6.90. The van der Waals surface area contributed by atoms with Crippen molar-refractivity contribution in [2.75, 3.05) is 4.90 Å². The van der Waals surface area contributed by atoms with Crippen molar-refractivity contribution in [3.8, 4) is 44.8 Å². The molecule has 0 N–H and O–H groups in total. The first-order valence-electron chi connectivity index (χ1n) is 20.6. The van der Waals surface area contributed by atoms with E-state index >= 15 is 0 Å². The van der Waals surface area contributed by atoms with Crippen molar-refractivity contribution in [1.29, 1.82) is 0 Å². The van der Waals surface area contributed by atoms with E-state index in [2.05, 4.69) is 199 Å². The molecule has 61 heavy (non-hydrogen) atoms. The van der Waals surface area contributed by atoms with Gasteiger partial charge in [-0.05, 0) is 98.8 Å². The van der Waals surface area contributed by atoms with E-state index in [1.54, 1.807) is 0 Å². The SMILES string of the molecule is c1ccc(-c2ccc(N(c3ccc(-c4ccccc4)cc3)c3cc4c(oc5cccc(-c6ccc(-c7nc8ccccc8o7)c7ccccc67)c54)c4ccccc34)cc2)cc1. The fourth-order valence-electron chi connectivity index (χ4n) is 9.04. The Morgan fingerprint density at radius 1 is 0.344 bits per heavy atom. The van der Waals surface area contributed by atoms with E-state index in [0.29, 0.717) is 5.89 Å². The number of hydrogen-bond acceptors (Lipinski definition) is 4. The van der Waals surface area contributed by atoms with Crippen molar-refractivity contribution < 1.29 is 8.83 Å². The summed E-state index contributed by atoms with van der Waals surface area (Å²) in [5.41, 5.74) is 14.4. The summed E-state index contributed by atoms with van der Waals surface area (Å²) < 4.78 is 13.2. The lowest BCUT2D eigenvalue weighted by Gasteiger charge is -2.27. The van der Waals surface area contributed by atoms with Crippen LogP contribution in [0.25, 0.3) is 99.4 Å². The van der Waals surface area contributed by atoms with Crippen LogP contribution in [-0.2, 0) is 0 Å². The number of para-hydroxylation sites is 2. The van der Waals surface area contributed by atoms with E-state index < -0.39 is 0 Å². The lowest BCUT2D eigenvalue weighted by atomic mass is 9.92. The summed E-state index contributed by atoms with van der Waals surface area (Å²) >= 11 is 0. The standard InChI is InChI=1S/C57H36N2O2/c1-3-14-37(15-4-1)39-26-30-41(31-27-39)59(42-32-28-40(29-33-42)38-16-5-2-6-17-38)52-36-50-55-47(22-13-25-54(55)60-56(50)48-21-10-9-20-46(48)52)45-34-35-49(44-19-8-7-18-43(44)45)57-58-51-23-11-12-24-53(51)61-57/h1-36H. The molecule has 0 unspecified atom stereocenters. The minimum absolute atomic E-state index is 0.612. The molecule has 0 aliphatic heterocycles. The number of oxazole rings is 1. The number of nitrogens with zero attached hydrogens (tertiary/aromatic N) is 2. The Kier molecular flexibility index (Phi) is 8.13. The van der Waals surface area contributed by atoms with Gasteiger partial charge in [0.05, 0.1) is 5.69 Å². The summed E-state index contributed by atoms with van der Waals surface area (Å²) in [5.74, 6) is 0.612. The van der Waals surface area contributed by atoms with E-state index in [1.807, 2.05) is 24.3 Å². The van der Waals surface area contributed by atoms with Crippen molar-refractivity contribution in [3.63, 3.8) is 0 Å². The van der Waals surface area contributed by atoms with Crippen LogP contribution in [0.5, 0.6) is 0 Å². The second-order valence-corrected chi connectivity index (χ2v) is 15.5. The summed E-state index contributed by atoms with van der Waals surface area (Å²) in [4.78, 5) is 7.26. The van der Waals surface area contributed by atoms with Gasteiger partial charge in [0, 0.05) is 38.5 Å². The maximum Gasteiger partial charge on any atom is 0.227 e. The van der Waals surface area contributed by atoms with Gasteiger partial charge in [0.2, 0.25) is 5.89 Å². The number of furan rings is 1. The van der Waals surface area contributed by atoms with Crippen LogP contribution in [0.15, 0.2) is 227 Å². The highest BCUT2D eigenvalue weighted by atomic mass is 16.3. The molecule has 0 saturated carbocycles. The Hall–Kier alpha value is -8.21. The molecule has 4 nitrogen and oxygen atoms in total. The molecule has 10 aromatic carbocycles. The van der Waals surface area contributed by atoms with Gasteiger partial charge in [-0.25, -0.2) is 4.98 Å². The topological polar surface area (TPSA) is 42.4 Å². The number of rotatable bonds is 7. The van der Waals surface area contributed by atoms with Gasteiger partial charge in [-0.15, -0.1) is 0 Å². The normalized spacial score (nSPS) is 11.6. The molecule has 286 valence electrons. The maximum atomic E-state index is 6.90. The monoisotopic (exact) mass is 780 g/mol. The van der Waals surface area contributed by atoms with Gasteiger partial charge in [-0.1, -0.05) is 164 Å². The fourth-order valence-corrected chi connectivity index (χ4v) is 9.04. The first kappa shape index (κ1) is 34.8. The number of anilines is 3. The molecule has 2 heterocycles. The fraction of sp³-hybridized carbons (Fsp3) is 0. The second kappa shape index (κ2) is 14.3. The third-order valence-corrected chi connectivity index (χ3v) is 11.9. The lowest BCUT2D eigenvalue weighted by Crippen LogP contribution is -2.10. The van der Waals surface area contributed by atoms with Crippen molar-refractivity contribution >= 4 is 71.6 Å². The number of hydrogen-bond donors (Lipinski definition) is 0. The summed E-state index contributed by atoms with van der Waals surface area (Å²) in [7, 11) is 0. The Labute approximate surface area is 352 Å². The quantitative estimate of drug-likeness (QED) is 0.162. The van der Waals surface area contributed by atoms with Crippen molar-refractivity contribution in [2.45, 2.75) is 0 Å². The molecule has 0 aliphatic carbocycles. The van der Waals surface area contributed by atoms with Crippen LogP contribution in [0, 0.1) is 0 Å². The highest BCUT2D eigenvalue weighted by Crippen LogP contribution is 2.48. The number of aromatic nitrogens is 1. The van der Waals surface area contributed by atoms with E-state index in [9.17, 15) is 0 Å².